The number of carbonyl (C=O) groups is 1. The number of allylic oxidation sites excluding steroid dienone is 2. The number of esters is 1. The molecule has 0 aromatic heterocycles. The van der Waals surface area contributed by atoms with E-state index in [0.29, 0.717) is 39.2 Å². The van der Waals surface area contributed by atoms with Gasteiger partial charge < -0.3 is 24.0 Å². The Labute approximate surface area is 192 Å². The van der Waals surface area contributed by atoms with Crippen LogP contribution >= 0.6 is 8.60 Å². The lowest BCUT2D eigenvalue weighted by atomic mass is 10.1. The van der Waals surface area contributed by atoms with Crippen molar-refractivity contribution in [3.05, 3.63) is 12.2 Å². The average Bonchev–Trinajstić information content (AvgIpc) is 2.76. The Hall–Kier alpha value is -0.520. The van der Waals surface area contributed by atoms with Crippen molar-refractivity contribution in [2.45, 2.75) is 103 Å². The maximum Gasteiger partial charge on any atom is 0.329 e. The molecule has 0 aliphatic heterocycles. The fourth-order valence-corrected chi connectivity index (χ4v) is 3.67. The summed E-state index contributed by atoms with van der Waals surface area (Å²) in [5.74, 6) is -0.144. The minimum absolute atomic E-state index is 0.144. The molecule has 0 fully saturated rings. The van der Waals surface area contributed by atoms with Gasteiger partial charge in [-0.05, 0) is 39.2 Å². The summed E-state index contributed by atoms with van der Waals surface area (Å²) >= 11 is 0. The molecule has 0 amide bonds. The Bertz CT molecular complexity index is 409. The first-order chi connectivity index (χ1) is 15.2. The van der Waals surface area contributed by atoms with E-state index in [0.717, 1.165) is 12.8 Å². The van der Waals surface area contributed by atoms with Crippen molar-refractivity contribution in [2.75, 3.05) is 33.4 Å². The Morgan fingerprint density at radius 1 is 0.806 bits per heavy atom. The molecule has 6 nitrogen and oxygen atoms in total. The second-order valence-electron chi connectivity index (χ2n) is 7.92. The van der Waals surface area contributed by atoms with E-state index in [1.165, 1.54) is 70.6 Å². The number of rotatable bonds is 24. The van der Waals surface area contributed by atoms with Crippen molar-refractivity contribution in [3.63, 3.8) is 0 Å². The summed E-state index contributed by atoms with van der Waals surface area (Å²) in [7, 11) is -0.0198. The fraction of sp³-hybridized carbons (Fsp3) is 0.875. The maximum atomic E-state index is 11.7. The van der Waals surface area contributed by atoms with Crippen molar-refractivity contribution < 1.29 is 23.5 Å². The predicted octanol–water partition coefficient (Wildman–Crippen LogP) is 6.43. The van der Waals surface area contributed by atoms with E-state index in [4.69, 9.17) is 13.8 Å². The average molecular weight is 462 g/mol. The monoisotopic (exact) mass is 461 g/mol. The van der Waals surface area contributed by atoms with E-state index in [9.17, 15) is 9.69 Å². The third-order valence-electron chi connectivity index (χ3n) is 4.95. The molecule has 0 bridgehead atoms. The highest BCUT2D eigenvalue weighted by Gasteiger charge is 2.07. The number of hydrogen-bond donors (Lipinski definition) is 2. The molecular weight excluding hydrogens is 413 g/mol. The van der Waals surface area contributed by atoms with Gasteiger partial charge >= 0.3 is 14.6 Å². The highest BCUT2D eigenvalue weighted by molar-refractivity contribution is 7.40. The first kappa shape index (κ1) is 30.5. The van der Waals surface area contributed by atoms with Crippen LogP contribution in [0.3, 0.4) is 0 Å². The van der Waals surface area contributed by atoms with Crippen LogP contribution in [0.25, 0.3) is 0 Å². The largest absolute Gasteiger partial charge is 0.466 e. The van der Waals surface area contributed by atoms with Crippen LogP contribution in [0.15, 0.2) is 12.2 Å². The lowest BCUT2D eigenvalue weighted by Crippen LogP contribution is -2.13. The normalized spacial score (nSPS) is 12.5. The van der Waals surface area contributed by atoms with Crippen LogP contribution in [0.1, 0.15) is 103 Å². The molecule has 0 aliphatic rings. The van der Waals surface area contributed by atoms with Crippen LogP contribution in [0, 0.1) is 0 Å². The van der Waals surface area contributed by atoms with Gasteiger partial charge in [-0.15, -0.1) is 0 Å². The molecule has 0 aliphatic carbocycles. The van der Waals surface area contributed by atoms with Gasteiger partial charge in [-0.2, -0.15) is 0 Å². The fourth-order valence-electron chi connectivity index (χ4n) is 3.06. The van der Waals surface area contributed by atoms with E-state index in [1.54, 1.807) is 0 Å². The predicted molar refractivity (Wildman–Crippen MR) is 130 cm³/mol. The summed E-state index contributed by atoms with van der Waals surface area (Å²) in [5.41, 5.74) is 0. The van der Waals surface area contributed by atoms with Gasteiger partial charge in [0.25, 0.3) is 0 Å². The van der Waals surface area contributed by atoms with Crippen LogP contribution in [0.5, 0.6) is 0 Å². The number of carbonyl (C=O) groups excluding carboxylic acids is 1. The van der Waals surface area contributed by atoms with E-state index in [2.05, 4.69) is 24.4 Å². The SMILES string of the molecule is CCCCCCCC/C=C\CCCCCCCC(=O)OCCCOP(O)OCCNC. The van der Waals surface area contributed by atoms with Gasteiger partial charge in [-0.1, -0.05) is 70.4 Å². The van der Waals surface area contributed by atoms with E-state index >= 15 is 0 Å². The minimum atomic E-state index is -1.83. The van der Waals surface area contributed by atoms with Gasteiger partial charge in [0.2, 0.25) is 0 Å². The lowest BCUT2D eigenvalue weighted by molar-refractivity contribution is -0.144. The standard InChI is InChI=1S/C24H48NO5P/c1-3-4-5-6-7-8-9-10-11-12-13-14-15-16-17-19-24(26)28-21-18-22-29-31(27)30-23-20-25-2/h10-11,25,27H,3-9,12-23H2,1-2H3/b11-10-. The van der Waals surface area contributed by atoms with Crippen LogP contribution in [0.2, 0.25) is 0 Å². The van der Waals surface area contributed by atoms with Gasteiger partial charge in [0.1, 0.15) is 0 Å². The summed E-state index contributed by atoms with van der Waals surface area (Å²) < 4.78 is 15.4. The molecule has 0 aromatic rings. The summed E-state index contributed by atoms with van der Waals surface area (Å²) in [4.78, 5) is 21.2. The molecule has 1 unspecified atom stereocenters. The molecule has 0 saturated heterocycles. The molecule has 184 valence electrons. The van der Waals surface area contributed by atoms with Crippen molar-refractivity contribution in [3.8, 4) is 0 Å². The van der Waals surface area contributed by atoms with Gasteiger partial charge in [-0.25, -0.2) is 0 Å². The molecule has 0 spiro atoms. The second-order valence-corrected chi connectivity index (χ2v) is 8.91. The molecule has 0 aromatic carbocycles. The van der Waals surface area contributed by atoms with Crippen molar-refractivity contribution >= 4 is 14.6 Å². The molecule has 0 heterocycles. The first-order valence-electron chi connectivity index (χ1n) is 12.4. The minimum Gasteiger partial charge on any atom is -0.466 e. The third-order valence-corrected chi connectivity index (χ3v) is 5.76. The number of hydrogen-bond acceptors (Lipinski definition) is 6. The zero-order chi connectivity index (χ0) is 22.8. The Balaban J connectivity index is 3.28. The highest BCUT2D eigenvalue weighted by atomic mass is 31.2. The maximum absolute atomic E-state index is 11.7. The molecule has 0 radical (unpaired) electrons. The molecular formula is C24H48NO5P. The molecule has 7 heteroatoms. The van der Waals surface area contributed by atoms with Crippen LogP contribution in [-0.4, -0.2) is 44.3 Å². The topological polar surface area (TPSA) is 77.0 Å². The number of nitrogens with one attached hydrogen (secondary N) is 1. The van der Waals surface area contributed by atoms with Crippen molar-refractivity contribution in [1.29, 1.82) is 0 Å². The van der Waals surface area contributed by atoms with Crippen LogP contribution < -0.4 is 5.32 Å². The molecule has 0 saturated carbocycles. The van der Waals surface area contributed by atoms with Crippen molar-refractivity contribution in [1.82, 2.24) is 5.32 Å². The molecule has 0 rings (SSSR count). The van der Waals surface area contributed by atoms with Gasteiger partial charge in [0.15, 0.2) is 0 Å². The summed E-state index contributed by atoms with van der Waals surface area (Å²) in [5, 5.41) is 2.92. The number of likely N-dealkylation sites (N-methyl/N-ethyl adjacent to an activating group) is 1. The number of ether oxygens (including phenoxy) is 1. The first-order valence-corrected chi connectivity index (χ1v) is 13.5. The van der Waals surface area contributed by atoms with Gasteiger partial charge in [-0.3, -0.25) is 4.79 Å². The van der Waals surface area contributed by atoms with Gasteiger partial charge in [0.05, 0.1) is 19.8 Å². The molecule has 31 heavy (non-hydrogen) atoms. The van der Waals surface area contributed by atoms with Crippen LogP contribution in [0.4, 0.5) is 0 Å². The Morgan fingerprint density at radius 3 is 2.03 bits per heavy atom. The number of unbranched alkanes of at least 4 members (excludes halogenated alkanes) is 11. The van der Waals surface area contributed by atoms with Crippen molar-refractivity contribution in [2.24, 2.45) is 0 Å². The summed E-state index contributed by atoms with van der Waals surface area (Å²) in [6, 6.07) is 0. The summed E-state index contributed by atoms with van der Waals surface area (Å²) in [6.45, 7) is 3.97. The smallest absolute Gasteiger partial charge is 0.329 e. The zero-order valence-corrected chi connectivity index (χ0v) is 21.0. The van der Waals surface area contributed by atoms with Gasteiger partial charge in [0, 0.05) is 19.4 Å². The summed E-state index contributed by atoms with van der Waals surface area (Å²) in [6.07, 6.45) is 22.0. The molecule has 2 N–H and O–H groups in total. The van der Waals surface area contributed by atoms with E-state index in [1.807, 2.05) is 7.05 Å². The highest BCUT2D eigenvalue weighted by Crippen LogP contribution is 2.32. The zero-order valence-electron chi connectivity index (χ0n) is 20.1. The van der Waals surface area contributed by atoms with E-state index < -0.39 is 8.60 Å². The Morgan fingerprint density at radius 2 is 1.39 bits per heavy atom. The second kappa shape index (κ2) is 25.7. The van der Waals surface area contributed by atoms with E-state index in [-0.39, 0.29) is 5.97 Å². The van der Waals surface area contributed by atoms with Crippen LogP contribution in [-0.2, 0) is 18.6 Å². The lowest BCUT2D eigenvalue weighted by Gasteiger charge is -2.10. The third kappa shape index (κ3) is 25.6. The Kier molecular flexibility index (Phi) is 25.3. The molecule has 1 atom stereocenters. The quantitative estimate of drug-likeness (QED) is 0.0746.